The van der Waals surface area contributed by atoms with Gasteiger partial charge in [0.1, 0.15) is 0 Å². The molecule has 1 aliphatic carbocycles. The summed E-state index contributed by atoms with van der Waals surface area (Å²) < 4.78 is 26.5. The number of carbonyl (C=O) groups excluding carboxylic acids is 1. The minimum absolute atomic E-state index is 0.0891. The fourth-order valence-electron chi connectivity index (χ4n) is 2.68. The van der Waals surface area contributed by atoms with Gasteiger partial charge in [-0.1, -0.05) is 48.5 Å². The summed E-state index contributed by atoms with van der Waals surface area (Å²) in [7, 11) is -3.55. The Morgan fingerprint density at radius 3 is 2.29 bits per heavy atom. The van der Waals surface area contributed by atoms with E-state index in [4.69, 9.17) is 0 Å². The second-order valence-electron chi connectivity index (χ2n) is 5.89. The molecule has 0 saturated heterocycles. The van der Waals surface area contributed by atoms with Gasteiger partial charge in [0.05, 0.1) is 4.90 Å². The number of hydrogen-bond acceptors (Lipinski definition) is 3. The monoisotopic (exact) mass is 344 g/mol. The highest BCUT2D eigenvalue weighted by atomic mass is 32.2. The Labute approximate surface area is 142 Å². The molecule has 1 saturated carbocycles. The summed E-state index contributed by atoms with van der Waals surface area (Å²) in [6.45, 7) is 0.0891. The molecule has 6 heteroatoms. The van der Waals surface area contributed by atoms with Crippen molar-refractivity contribution in [1.29, 1.82) is 0 Å². The number of nitrogens with one attached hydrogen (secondary N) is 2. The Bertz CT molecular complexity index is 792. The van der Waals surface area contributed by atoms with E-state index in [2.05, 4.69) is 22.2 Å². The van der Waals surface area contributed by atoms with E-state index in [1.807, 2.05) is 18.2 Å². The third kappa shape index (κ3) is 4.21. The molecule has 1 fully saturated rings. The first-order valence-electron chi connectivity index (χ1n) is 7.95. The molecule has 0 aromatic heterocycles. The lowest BCUT2D eigenvalue weighted by Crippen LogP contribution is -2.32. The molecule has 0 heterocycles. The Kier molecular flexibility index (Phi) is 4.97. The molecule has 2 atom stereocenters. The smallest absolute Gasteiger partial charge is 0.240 e. The molecule has 5 nitrogen and oxygen atoms in total. The van der Waals surface area contributed by atoms with Crippen molar-refractivity contribution in [3.05, 3.63) is 66.2 Å². The van der Waals surface area contributed by atoms with E-state index in [1.165, 1.54) is 17.7 Å². The Hall–Kier alpha value is -2.18. The number of rotatable bonds is 7. The zero-order valence-corrected chi connectivity index (χ0v) is 14.0. The van der Waals surface area contributed by atoms with E-state index in [0.29, 0.717) is 5.92 Å². The maximum Gasteiger partial charge on any atom is 0.240 e. The van der Waals surface area contributed by atoms with Crippen molar-refractivity contribution >= 4 is 15.9 Å². The summed E-state index contributed by atoms with van der Waals surface area (Å²) in [4.78, 5) is 12.2. The van der Waals surface area contributed by atoms with Crippen LogP contribution in [-0.4, -0.2) is 26.9 Å². The molecule has 2 aromatic rings. The SMILES string of the molecule is O=C(CCNS(=O)(=O)c1ccccc1)N[C@H]1C[C@@H]1c1ccccc1. The van der Waals surface area contributed by atoms with Gasteiger partial charge in [-0.15, -0.1) is 0 Å². The standard InChI is InChI=1S/C18H20N2O3S/c21-18(20-17-13-16(17)14-7-3-1-4-8-14)11-12-19-24(22,23)15-9-5-2-6-10-15/h1-10,16-17,19H,11-13H2,(H,20,21)/t16-,17+/m1/s1. The van der Waals surface area contributed by atoms with Gasteiger partial charge in [-0.05, 0) is 24.1 Å². The maximum absolute atomic E-state index is 12.0. The molecule has 1 aliphatic rings. The predicted octanol–water partition coefficient (Wildman–Crippen LogP) is 2.03. The van der Waals surface area contributed by atoms with E-state index >= 15 is 0 Å². The first kappa shape index (κ1) is 16.7. The molecule has 0 radical (unpaired) electrons. The van der Waals surface area contributed by atoms with Gasteiger partial charge >= 0.3 is 0 Å². The Morgan fingerprint density at radius 1 is 1.00 bits per heavy atom. The van der Waals surface area contributed by atoms with E-state index < -0.39 is 10.0 Å². The summed E-state index contributed by atoms with van der Waals surface area (Å²) in [6, 6.07) is 18.4. The van der Waals surface area contributed by atoms with E-state index in [1.54, 1.807) is 18.2 Å². The normalized spacial score (nSPS) is 19.7. The lowest BCUT2D eigenvalue weighted by Gasteiger charge is -2.07. The van der Waals surface area contributed by atoms with Crippen LogP contribution in [0.3, 0.4) is 0 Å². The molecular weight excluding hydrogens is 324 g/mol. The first-order chi connectivity index (χ1) is 11.6. The van der Waals surface area contributed by atoms with E-state index in [0.717, 1.165) is 6.42 Å². The zero-order chi connectivity index (χ0) is 17.0. The summed E-state index contributed by atoms with van der Waals surface area (Å²) >= 11 is 0. The molecule has 126 valence electrons. The zero-order valence-electron chi connectivity index (χ0n) is 13.2. The van der Waals surface area contributed by atoms with Crippen LogP contribution in [0.25, 0.3) is 0 Å². The molecule has 0 aliphatic heterocycles. The Balaban J connectivity index is 1.43. The number of benzene rings is 2. The number of carbonyl (C=O) groups is 1. The third-order valence-electron chi connectivity index (χ3n) is 4.06. The first-order valence-corrected chi connectivity index (χ1v) is 9.43. The topological polar surface area (TPSA) is 75.3 Å². The summed E-state index contributed by atoms with van der Waals surface area (Å²) in [5.74, 6) is 0.241. The maximum atomic E-state index is 12.0. The molecule has 1 amide bonds. The highest BCUT2D eigenvalue weighted by Crippen LogP contribution is 2.40. The van der Waals surface area contributed by atoms with Crippen LogP contribution in [0.5, 0.6) is 0 Å². The molecule has 3 rings (SSSR count). The van der Waals surface area contributed by atoms with Gasteiger partial charge in [-0.25, -0.2) is 13.1 Å². The summed E-state index contributed by atoms with van der Waals surface area (Å²) in [5.41, 5.74) is 1.23. The fraction of sp³-hybridized carbons (Fsp3) is 0.278. The minimum atomic E-state index is -3.55. The van der Waals surface area contributed by atoms with Crippen LogP contribution in [0.2, 0.25) is 0 Å². The van der Waals surface area contributed by atoms with Crippen LogP contribution in [0.15, 0.2) is 65.6 Å². The fourth-order valence-corrected chi connectivity index (χ4v) is 3.74. The lowest BCUT2D eigenvalue weighted by molar-refractivity contribution is -0.121. The lowest BCUT2D eigenvalue weighted by atomic mass is 10.1. The average Bonchev–Trinajstić information content (AvgIpc) is 3.35. The van der Waals surface area contributed by atoms with Gasteiger partial charge in [0.2, 0.25) is 15.9 Å². The van der Waals surface area contributed by atoms with Crippen LogP contribution in [-0.2, 0) is 14.8 Å². The number of hydrogen-bond donors (Lipinski definition) is 2. The molecule has 2 aromatic carbocycles. The third-order valence-corrected chi connectivity index (χ3v) is 5.54. The van der Waals surface area contributed by atoms with Crippen molar-refractivity contribution in [3.8, 4) is 0 Å². The molecule has 0 bridgehead atoms. The Morgan fingerprint density at radius 2 is 1.62 bits per heavy atom. The second-order valence-corrected chi connectivity index (χ2v) is 7.65. The quantitative estimate of drug-likeness (QED) is 0.807. The molecule has 2 N–H and O–H groups in total. The molecular formula is C18H20N2O3S. The van der Waals surface area contributed by atoms with Crippen molar-refractivity contribution in [2.75, 3.05) is 6.54 Å². The summed E-state index contributed by atoms with van der Waals surface area (Å²) in [5, 5.41) is 2.95. The minimum Gasteiger partial charge on any atom is -0.353 e. The van der Waals surface area contributed by atoms with Crippen LogP contribution in [0, 0.1) is 0 Å². The van der Waals surface area contributed by atoms with Gasteiger partial charge < -0.3 is 5.32 Å². The van der Waals surface area contributed by atoms with Crippen molar-refractivity contribution in [2.24, 2.45) is 0 Å². The predicted molar refractivity (Wildman–Crippen MR) is 92.0 cm³/mol. The van der Waals surface area contributed by atoms with Crippen molar-refractivity contribution < 1.29 is 13.2 Å². The van der Waals surface area contributed by atoms with Crippen LogP contribution < -0.4 is 10.0 Å². The van der Waals surface area contributed by atoms with Gasteiger partial charge in [-0.2, -0.15) is 0 Å². The highest BCUT2D eigenvalue weighted by molar-refractivity contribution is 7.89. The summed E-state index contributed by atoms with van der Waals surface area (Å²) in [6.07, 6.45) is 1.07. The van der Waals surface area contributed by atoms with Crippen molar-refractivity contribution in [2.45, 2.75) is 29.7 Å². The number of sulfonamides is 1. The largest absolute Gasteiger partial charge is 0.353 e. The van der Waals surface area contributed by atoms with E-state index in [9.17, 15) is 13.2 Å². The van der Waals surface area contributed by atoms with Gasteiger partial charge in [0.15, 0.2) is 0 Å². The van der Waals surface area contributed by atoms with Crippen molar-refractivity contribution in [3.63, 3.8) is 0 Å². The van der Waals surface area contributed by atoms with Crippen molar-refractivity contribution in [1.82, 2.24) is 10.0 Å². The van der Waals surface area contributed by atoms with Crippen LogP contribution >= 0.6 is 0 Å². The molecule has 24 heavy (non-hydrogen) atoms. The average molecular weight is 344 g/mol. The van der Waals surface area contributed by atoms with Gasteiger partial charge in [0, 0.05) is 24.9 Å². The van der Waals surface area contributed by atoms with Gasteiger partial charge in [-0.3, -0.25) is 4.79 Å². The van der Waals surface area contributed by atoms with Crippen LogP contribution in [0.4, 0.5) is 0 Å². The second kappa shape index (κ2) is 7.15. The van der Waals surface area contributed by atoms with E-state index in [-0.39, 0.29) is 29.8 Å². The molecule has 0 spiro atoms. The van der Waals surface area contributed by atoms with Crippen LogP contribution in [0.1, 0.15) is 24.3 Å². The van der Waals surface area contributed by atoms with Gasteiger partial charge in [0.25, 0.3) is 0 Å². The number of amides is 1. The molecule has 0 unspecified atom stereocenters. The highest BCUT2D eigenvalue weighted by Gasteiger charge is 2.39.